The van der Waals surface area contributed by atoms with Crippen molar-refractivity contribution in [3.63, 3.8) is 0 Å². The lowest BCUT2D eigenvalue weighted by Gasteiger charge is -2.24. The molecular formula is C22H19ClIN3O3S. The Kier molecular flexibility index (Phi) is 7.58. The van der Waals surface area contributed by atoms with E-state index in [2.05, 4.69) is 40.0 Å². The Morgan fingerprint density at radius 3 is 2.29 bits per heavy atom. The number of hydrazine groups is 1. The summed E-state index contributed by atoms with van der Waals surface area (Å²) in [6.45, 7) is 3.44. The monoisotopic (exact) mass is 567 g/mol. The molecule has 0 aliphatic heterocycles. The molecule has 0 aromatic heterocycles. The summed E-state index contributed by atoms with van der Waals surface area (Å²) in [6, 6.07) is 21.8. The first-order chi connectivity index (χ1) is 14.8. The summed E-state index contributed by atoms with van der Waals surface area (Å²) in [7, 11) is -4.00. The van der Waals surface area contributed by atoms with Gasteiger partial charge in [0.05, 0.1) is 16.3 Å². The molecule has 6 nitrogen and oxygen atoms in total. The first kappa shape index (κ1) is 23.1. The van der Waals surface area contributed by atoms with Crippen LogP contribution in [0.4, 0.5) is 5.69 Å². The van der Waals surface area contributed by atoms with Crippen LogP contribution < -0.4 is 15.2 Å². The average molecular weight is 568 g/mol. The van der Waals surface area contributed by atoms with E-state index in [0.717, 1.165) is 13.4 Å². The molecule has 0 saturated heterocycles. The van der Waals surface area contributed by atoms with Gasteiger partial charge in [0.2, 0.25) is 0 Å². The van der Waals surface area contributed by atoms with Crippen molar-refractivity contribution in [2.45, 2.75) is 4.90 Å². The van der Waals surface area contributed by atoms with Crippen molar-refractivity contribution in [1.29, 1.82) is 0 Å². The van der Waals surface area contributed by atoms with Gasteiger partial charge < -0.3 is 0 Å². The smallest absolute Gasteiger partial charge is 0.264 e. The maximum atomic E-state index is 13.2. The van der Waals surface area contributed by atoms with E-state index in [4.69, 9.17) is 11.6 Å². The van der Waals surface area contributed by atoms with Gasteiger partial charge in [-0.15, -0.1) is 0 Å². The molecule has 3 aromatic rings. The number of nitrogens with zero attached hydrogens (tertiary/aromatic N) is 1. The van der Waals surface area contributed by atoms with Crippen molar-refractivity contribution in [3.8, 4) is 0 Å². The normalized spacial score (nSPS) is 10.9. The summed E-state index contributed by atoms with van der Waals surface area (Å²) in [6.07, 6.45) is 0. The minimum absolute atomic E-state index is 0.0685. The van der Waals surface area contributed by atoms with Gasteiger partial charge in [0.15, 0.2) is 0 Å². The zero-order chi connectivity index (χ0) is 22.4. The third-order valence-corrected chi connectivity index (χ3v) is 7.00. The minimum atomic E-state index is -4.00. The van der Waals surface area contributed by atoms with Gasteiger partial charge in [0.1, 0.15) is 6.54 Å². The maximum absolute atomic E-state index is 13.2. The highest BCUT2D eigenvalue weighted by atomic mass is 127. The molecule has 0 heterocycles. The van der Waals surface area contributed by atoms with Crippen molar-refractivity contribution in [2.75, 3.05) is 10.8 Å². The fraction of sp³-hybridized carbons (Fsp3) is 0.0455. The Balaban J connectivity index is 1.79. The molecule has 9 heteroatoms. The van der Waals surface area contributed by atoms with Crippen molar-refractivity contribution in [1.82, 2.24) is 10.9 Å². The molecule has 0 aliphatic carbocycles. The van der Waals surface area contributed by atoms with Crippen LogP contribution in [-0.2, 0) is 14.8 Å². The predicted molar refractivity (Wildman–Crippen MR) is 132 cm³/mol. The van der Waals surface area contributed by atoms with E-state index in [1.807, 2.05) is 24.3 Å². The Hall–Kier alpha value is -2.56. The summed E-state index contributed by atoms with van der Waals surface area (Å²) in [5.74, 6) is -0.564. The SMILES string of the molecule is C=C(NNC(=O)CN(c1cccc(Cl)c1)S(=O)(=O)c1ccccc1)c1ccc(I)cc1. The molecule has 3 aromatic carbocycles. The van der Waals surface area contributed by atoms with Gasteiger partial charge >= 0.3 is 0 Å². The molecule has 0 fully saturated rings. The lowest BCUT2D eigenvalue weighted by atomic mass is 10.2. The lowest BCUT2D eigenvalue weighted by molar-refractivity contribution is -0.120. The van der Waals surface area contributed by atoms with E-state index < -0.39 is 22.5 Å². The van der Waals surface area contributed by atoms with Crippen LogP contribution in [0.15, 0.2) is 90.3 Å². The van der Waals surface area contributed by atoms with Crippen molar-refractivity contribution in [3.05, 3.63) is 99.6 Å². The van der Waals surface area contributed by atoms with E-state index in [-0.39, 0.29) is 10.6 Å². The number of nitrogens with one attached hydrogen (secondary N) is 2. The number of hydrogen-bond acceptors (Lipinski definition) is 4. The van der Waals surface area contributed by atoms with Gasteiger partial charge in [-0.05, 0) is 70.6 Å². The third-order valence-electron chi connectivity index (χ3n) is 4.26. The molecule has 31 heavy (non-hydrogen) atoms. The number of carbonyl (C=O) groups excluding carboxylic acids is 1. The Bertz CT molecular complexity index is 1190. The molecule has 3 rings (SSSR count). The fourth-order valence-corrected chi connectivity index (χ4v) is 4.68. The van der Waals surface area contributed by atoms with Gasteiger partial charge in [-0.3, -0.25) is 20.0 Å². The third kappa shape index (κ3) is 5.99. The Labute approximate surface area is 200 Å². The number of amides is 1. The number of halogens is 2. The standard InChI is InChI=1S/C22H19ClIN3O3S/c1-16(17-10-12-19(24)13-11-17)25-26-22(28)15-27(20-7-5-6-18(23)14-20)31(29,30)21-8-3-2-4-9-21/h2-14,25H,1,15H2,(H,26,28). The number of rotatable bonds is 8. The van der Waals surface area contributed by atoms with Crippen molar-refractivity contribution >= 4 is 61.5 Å². The molecule has 1 amide bonds. The average Bonchev–Trinajstić information content (AvgIpc) is 2.76. The molecule has 0 bridgehead atoms. The largest absolute Gasteiger partial charge is 0.299 e. The lowest BCUT2D eigenvalue weighted by Crippen LogP contribution is -2.45. The highest BCUT2D eigenvalue weighted by molar-refractivity contribution is 14.1. The van der Waals surface area contributed by atoms with Crippen LogP contribution in [0, 0.1) is 3.57 Å². The summed E-state index contributed by atoms with van der Waals surface area (Å²) in [5.41, 5.74) is 6.79. The van der Waals surface area contributed by atoms with Crippen LogP contribution in [0.25, 0.3) is 5.70 Å². The first-order valence-electron chi connectivity index (χ1n) is 9.10. The number of hydrogen-bond donors (Lipinski definition) is 2. The number of anilines is 1. The van der Waals surface area contributed by atoms with Gasteiger partial charge in [0.25, 0.3) is 15.9 Å². The zero-order valence-corrected chi connectivity index (χ0v) is 20.0. The van der Waals surface area contributed by atoms with Crippen LogP contribution in [0.5, 0.6) is 0 Å². The molecular weight excluding hydrogens is 549 g/mol. The topological polar surface area (TPSA) is 78.5 Å². The molecule has 0 saturated carbocycles. The molecule has 2 N–H and O–H groups in total. The molecule has 0 radical (unpaired) electrons. The van der Waals surface area contributed by atoms with E-state index >= 15 is 0 Å². The fourth-order valence-electron chi connectivity index (χ4n) is 2.70. The van der Waals surface area contributed by atoms with Crippen LogP contribution in [0.3, 0.4) is 0 Å². The zero-order valence-electron chi connectivity index (χ0n) is 16.3. The van der Waals surface area contributed by atoms with Crippen LogP contribution in [-0.4, -0.2) is 20.9 Å². The second-order valence-corrected chi connectivity index (χ2v) is 10.0. The van der Waals surface area contributed by atoms with E-state index in [1.54, 1.807) is 36.4 Å². The quantitative estimate of drug-likeness (QED) is 0.312. The van der Waals surface area contributed by atoms with Crippen molar-refractivity contribution in [2.24, 2.45) is 0 Å². The molecule has 0 spiro atoms. The summed E-state index contributed by atoms with van der Waals surface area (Å²) < 4.78 is 28.6. The highest BCUT2D eigenvalue weighted by Crippen LogP contribution is 2.26. The Morgan fingerprint density at radius 2 is 1.65 bits per heavy atom. The Morgan fingerprint density at radius 1 is 0.968 bits per heavy atom. The molecule has 160 valence electrons. The van der Waals surface area contributed by atoms with Crippen LogP contribution >= 0.6 is 34.2 Å². The van der Waals surface area contributed by atoms with Gasteiger partial charge in [-0.25, -0.2) is 8.42 Å². The minimum Gasteiger partial charge on any atom is -0.299 e. The van der Waals surface area contributed by atoms with Gasteiger partial charge in [-0.1, -0.05) is 54.6 Å². The van der Waals surface area contributed by atoms with E-state index in [9.17, 15) is 13.2 Å². The van der Waals surface area contributed by atoms with Crippen LogP contribution in [0.2, 0.25) is 5.02 Å². The second kappa shape index (κ2) is 10.2. The number of carbonyl (C=O) groups is 1. The second-order valence-electron chi connectivity index (χ2n) is 6.46. The molecule has 0 unspecified atom stereocenters. The molecule has 0 atom stereocenters. The molecule has 0 aliphatic rings. The summed E-state index contributed by atoms with van der Waals surface area (Å²) >= 11 is 8.25. The summed E-state index contributed by atoms with van der Waals surface area (Å²) in [4.78, 5) is 12.7. The number of sulfonamides is 1. The van der Waals surface area contributed by atoms with E-state index in [0.29, 0.717) is 10.7 Å². The highest BCUT2D eigenvalue weighted by Gasteiger charge is 2.27. The van der Waals surface area contributed by atoms with Gasteiger partial charge in [-0.2, -0.15) is 0 Å². The van der Waals surface area contributed by atoms with Crippen molar-refractivity contribution < 1.29 is 13.2 Å². The summed E-state index contributed by atoms with van der Waals surface area (Å²) in [5, 5.41) is 0.358. The van der Waals surface area contributed by atoms with E-state index in [1.165, 1.54) is 18.2 Å². The first-order valence-corrected chi connectivity index (χ1v) is 12.0. The number of benzene rings is 3. The predicted octanol–water partition coefficient (Wildman–Crippen LogP) is 4.43. The van der Waals surface area contributed by atoms with Crippen LogP contribution in [0.1, 0.15) is 5.56 Å². The maximum Gasteiger partial charge on any atom is 0.264 e. The van der Waals surface area contributed by atoms with Gasteiger partial charge in [0, 0.05) is 8.59 Å².